The van der Waals surface area contributed by atoms with Gasteiger partial charge in [0.1, 0.15) is 5.75 Å². The van der Waals surface area contributed by atoms with Crippen LogP contribution >= 0.6 is 27.7 Å². The number of hydrogen-bond donors (Lipinski definition) is 0. The van der Waals surface area contributed by atoms with Gasteiger partial charge in [0.2, 0.25) is 5.91 Å². The number of carbonyl (C=O) groups excluding carboxylic acids is 1. The third-order valence-electron chi connectivity index (χ3n) is 3.39. The van der Waals surface area contributed by atoms with Gasteiger partial charge in [-0.1, -0.05) is 15.9 Å². The summed E-state index contributed by atoms with van der Waals surface area (Å²) >= 11 is 5.07. The summed E-state index contributed by atoms with van der Waals surface area (Å²) in [6.45, 7) is 0.847. The normalized spacial score (nSPS) is 18.7. The van der Waals surface area contributed by atoms with E-state index in [1.807, 2.05) is 23.3 Å². The number of hydrogen-bond acceptors (Lipinski definition) is 3. The Bertz CT molecular complexity index is 467. The number of ether oxygens (including phenoxy) is 1. The van der Waals surface area contributed by atoms with Crippen molar-refractivity contribution in [2.45, 2.75) is 18.9 Å². The number of nitrogens with zero attached hydrogens (tertiary/aromatic N) is 1. The van der Waals surface area contributed by atoms with Crippen molar-refractivity contribution in [3.8, 4) is 5.75 Å². The highest BCUT2D eigenvalue weighted by atomic mass is 79.9. The molecule has 3 nitrogen and oxygen atoms in total. The van der Waals surface area contributed by atoms with Crippen molar-refractivity contribution < 1.29 is 9.53 Å². The van der Waals surface area contributed by atoms with Gasteiger partial charge in [0.25, 0.3) is 0 Å². The fraction of sp³-hybridized carbons (Fsp3) is 0.500. The number of likely N-dealkylation sites (tertiary alicyclic amines) is 1. The van der Waals surface area contributed by atoms with Gasteiger partial charge < -0.3 is 9.64 Å². The number of thioether (sulfide) groups is 1. The minimum atomic E-state index is 0.145. The lowest BCUT2D eigenvalue weighted by molar-refractivity contribution is -0.129. The minimum Gasteiger partial charge on any atom is -0.496 e. The first-order valence-electron chi connectivity index (χ1n) is 6.29. The van der Waals surface area contributed by atoms with E-state index in [2.05, 4.69) is 22.0 Å². The van der Waals surface area contributed by atoms with Crippen molar-refractivity contribution in [2.75, 3.05) is 25.7 Å². The number of methoxy groups -OCH3 is 1. The SMILES string of the molecule is COc1ccc(Br)cc1[C@@H]1CCCN1C(=O)CSC. The summed E-state index contributed by atoms with van der Waals surface area (Å²) < 4.78 is 6.46. The Morgan fingerprint density at radius 2 is 2.37 bits per heavy atom. The highest BCUT2D eigenvalue weighted by Crippen LogP contribution is 2.38. The molecule has 1 aromatic rings. The maximum atomic E-state index is 12.2. The summed E-state index contributed by atoms with van der Waals surface area (Å²) in [6, 6.07) is 6.13. The minimum absolute atomic E-state index is 0.145. The van der Waals surface area contributed by atoms with Crippen molar-refractivity contribution >= 4 is 33.6 Å². The summed E-state index contributed by atoms with van der Waals surface area (Å²) in [4.78, 5) is 14.2. The van der Waals surface area contributed by atoms with E-state index >= 15 is 0 Å². The van der Waals surface area contributed by atoms with Gasteiger partial charge in [-0.3, -0.25) is 4.79 Å². The molecular weight excluding hydrogens is 326 g/mol. The van der Waals surface area contributed by atoms with Crippen LogP contribution in [0.2, 0.25) is 0 Å². The second-order valence-electron chi connectivity index (χ2n) is 4.56. The van der Waals surface area contributed by atoms with E-state index in [1.165, 1.54) is 0 Å². The molecule has 0 spiro atoms. The first kappa shape index (κ1) is 14.7. The van der Waals surface area contributed by atoms with Crippen molar-refractivity contribution in [2.24, 2.45) is 0 Å². The molecular formula is C14H18BrNO2S. The van der Waals surface area contributed by atoms with Crippen LogP contribution in [-0.2, 0) is 4.79 Å². The quantitative estimate of drug-likeness (QED) is 0.838. The van der Waals surface area contributed by atoms with Crippen LogP contribution in [0.25, 0.3) is 0 Å². The second kappa shape index (κ2) is 6.66. The lowest BCUT2D eigenvalue weighted by Crippen LogP contribution is -2.32. The Morgan fingerprint density at radius 1 is 1.58 bits per heavy atom. The molecule has 1 heterocycles. The van der Waals surface area contributed by atoms with Crippen molar-refractivity contribution in [1.82, 2.24) is 4.90 Å². The zero-order chi connectivity index (χ0) is 13.8. The van der Waals surface area contributed by atoms with Crippen molar-refractivity contribution in [3.05, 3.63) is 28.2 Å². The van der Waals surface area contributed by atoms with Crippen molar-refractivity contribution in [1.29, 1.82) is 0 Å². The molecule has 0 unspecified atom stereocenters. The van der Waals surface area contributed by atoms with E-state index in [1.54, 1.807) is 18.9 Å². The third kappa shape index (κ3) is 3.26. The van der Waals surface area contributed by atoms with Gasteiger partial charge in [0.05, 0.1) is 18.9 Å². The van der Waals surface area contributed by atoms with Crippen LogP contribution in [0.3, 0.4) is 0 Å². The topological polar surface area (TPSA) is 29.5 Å². The number of amides is 1. The molecule has 2 rings (SSSR count). The molecule has 0 N–H and O–H groups in total. The van der Waals surface area contributed by atoms with E-state index < -0.39 is 0 Å². The number of benzene rings is 1. The van der Waals surface area contributed by atoms with Crippen molar-refractivity contribution in [3.63, 3.8) is 0 Å². The Morgan fingerprint density at radius 3 is 3.05 bits per heavy atom. The average Bonchev–Trinajstić information content (AvgIpc) is 2.88. The van der Waals surface area contributed by atoms with E-state index in [-0.39, 0.29) is 11.9 Å². The average molecular weight is 344 g/mol. The molecule has 1 aliphatic rings. The Balaban J connectivity index is 2.29. The zero-order valence-corrected chi connectivity index (χ0v) is 13.6. The van der Waals surface area contributed by atoms with Gasteiger partial charge in [-0.05, 0) is 37.3 Å². The summed E-state index contributed by atoms with van der Waals surface area (Å²) in [7, 11) is 1.68. The monoisotopic (exact) mass is 343 g/mol. The lowest BCUT2D eigenvalue weighted by Gasteiger charge is -2.26. The van der Waals surface area contributed by atoms with Gasteiger partial charge in [-0.2, -0.15) is 11.8 Å². The van der Waals surface area contributed by atoms with Crippen LogP contribution in [0.5, 0.6) is 5.75 Å². The van der Waals surface area contributed by atoms with E-state index in [9.17, 15) is 4.79 Å². The number of halogens is 1. The second-order valence-corrected chi connectivity index (χ2v) is 6.35. The maximum Gasteiger partial charge on any atom is 0.233 e. The Kier molecular flexibility index (Phi) is 5.16. The summed E-state index contributed by atoms with van der Waals surface area (Å²) in [5, 5.41) is 0. The number of rotatable bonds is 4. The van der Waals surface area contributed by atoms with Gasteiger partial charge >= 0.3 is 0 Å². The summed E-state index contributed by atoms with van der Waals surface area (Å²) in [6.07, 6.45) is 4.02. The molecule has 0 aromatic heterocycles. The van der Waals surface area contributed by atoms with Crippen LogP contribution in [0.15, 0.2) is 22.7 Å². The third-order valence-corrected chi connectivity index (χ3v) is 4.42. The smallest absolute Gasteiger partial charge is 0.233 e. The first-order valence-corrected chi connectivity index (χ1v) is 8.48. The molecule has 1 fully saturated rings. The molecule has 1 aliphatic heterocycles. The number of carbonyl (C=O) groups is 1. The zero-order valence-electron chi connectivity index (χ0n) is 11.2. The molecule has 0 radical (unpaired) electrons. The first-order chi connectivity index (χ1) is 9.17. The highest BCUT2D eigenvalue weighted by molar-refractivity contribution is 9.10. The molecule has 1 saturated heterocycles. The van der Waals surface area contributed by atoms with Crippen LogP contribution in [0.1, 0.15) is 24.4 Å². The summed E-state index contributed by atoms with van der Waals surface area (Å²) in [5.41, 5.74) is 1.10. The predicted octanol–water partition coefficient (Wildman–Crippen LogP) is 3.48. The molecule has 1 atom stereocenters. The van der Waals surface area contributed by atoms with Crippen LogP contribution in [0.4, 0.5) is 0 Å². The maximum absolute atomic E-state index is 12.2. The Labute approximate surface area is 126 Å². The fourth-order valence-corrected chi connectivity index (χ4v) is 3.35. The molecule has 104 valence electrons. The standard InChI is InChI=1S/C14H18BrNO2S/c1-18-13-6-5-10(15)8-11(13)12-4-3-7-16(12)14(17)9-19-2/h5-6,8,12H,3-4,7,9H2,1-2H3/t12-/m0/s1. The Hall–Kier alpha value is -0.680. The van der Waals surface area contributed by atoms with E-state index in [0.29, 0.717) is 5.75 Å². The molecule has 19 heavy (non-hydrogen) atoms. The molecule has 0 saturated carbocycles. The van der Waals surface area contributed by atoms with Gasteiger partial charge in [0, 0.05) is 16.6 Å². The van der Waals surface area contributed by atoms with Gasteiger partial charge in [-0.25, -0.2) is 0 Å². The van der Waals surface area contributed by atoms with Gasteiger partial charge in [0.15, 0.2) is 0 Å². The van der Waals surface area contributed by atoms with Crippen LogP contribution < -0.4 is 4.74 Å². The molecule has 0 aliphatic carbocycles. The van der Waals surface area contributed by atoms with Gasteiger partial charge in [-0.15, -0.1) is 0 Å². The fourth-order valence-electron chi connectivity index (χ4n) is 2.56. The largest absolute Gasteiger partial charge is 0.496 e. The lowest BCUT2D eigenvalue weighted by atomic mass is 10.0. The van der Waals surface area contributed by atoms with E-state index in [0.717, 1.165) is 35.2 Å². The molecule has 1 amide bonds. The summed E-state index contributed by atoms with van der Waals surface area (Å²) in [5.74, 6) is 1.63. The van der Waals surface area contributed by atoms with E-state index in [4.69, 9.17) is 4.74 Å². The van der Waals surface area contributed by atoms with Crippen LogP contribution in [-0.4, -0.2) is 36.5 Å². The predicted molar refractivity (Wildman–Crippen MR) is 82.8 cm³/mol. The molecule has 1 aromatic carbocycles. The highest BCUT2D eigenvalue weighted by Gasteiger charge is 2.31. The molecule has 5 heteroatoms. The molecule has 0 bridgehead atoms. The van der Waals surface area contributed by atoms with Crippen LogP contribution in [0, 0.1) is 0 Å².